The van der Waals surface area contributed by atoms with Crippen molar-refractivity contribution < 1.29 is 173 Å². The Balaban J connectivity index is 1.01. The fourth-order valence-electron chi connectivity index (χ4n) is 11.7. The number of aliphatic hydroxyl groups is 20. The maximum atomic E-state index is 13.4. The second-order valence-electron chi connectivity index (χ2n) is 22.8. The van der Waals surface area contributed by atoms with Gasteiger partial charge in [0, 0.05) is 31.3 Å². The second kappa shape index (κ2) is 30.3. The molecule has 0 saturated carbocycles. The molecule has 35 atom stereocenters. The Morgan fingerprint density at radius 2 is 0.600 bits per heavy atom. The van der Waals surface area contributed by atoms with Gasteiger partial charge in [0.1, 0.15) is 171 Å². The van der Waals surface area contributed by atoms with E-state index in [1.807, 2.05) is 0 Å². The lowest BCUT2D eigenvalue weighted by Crippen LogP contribution is -2.68. The molecule has 0 unspecified atom stereocenters. The molecule has 516 valence electrons. The molecule has 40 heteroatoms. The van der Waals surface area contributed by atoms with Crippen LogP contribution in [0.5, 0.6) is 0 Å². The van der Waals surface area contributed by atoms with Crippen molar-refractivity contribution in [2.45, 2.75) is 235 Å². The van der Waals surface area contributed by atoms with E-state index in [-0.39, 0.29) is 12.1 Å². The summed E-state index contributed by atoms with van der Waals surface area (Å²) in [6.45, 7) is -6.15. The first kappa shape index (κ1) is 71.1. The van der Waals surface area contributed by atoms with Crippen LogP contribution in [0.25, 0.3) is 0 Å². The lowest BCUT2D eigenvalue weighted by molar-refractivity contribution is -0.396. The zero-order chi connectivity index (χ0) is 65.5. The van der Waals surface area contributed by atoms with Gasteiger partial charge in [-0.05, 0) is 6.92 Å². The summed E-state index contributed by atoms with van der Waals surface area (Å²) in [7, 11) is 0. The van der Waals surface area contributed by atoms with Crippen molar-refractivity contribution in [2.75, 3.05) is 46.2 Å². The van der Waals surface area contributed by atoms with E-state index < -0.39 is 285 Å². The van der Waals surface area contributed by atoms with Gasteiger partial charge in [-0.25, -0.2) is 4.79 Å². The number of aromatic nitrogens is 2. The van der Waals surface area contributed by atoms with Gasteiger partial charge in [0.05, 0.1) is 39.6 Å². The predicted octanol–water partition coefficient (Wildman–Crippen LogP) is -15.9. The van der Waals surface area contributed by atoms with Gasteiger partial charge in [0.15, 0.2) is 44.0 Å². The molecule has 22 rings (SSSR count). The minimum absolute atomic E-state index is 0.132. The first-order valence-corrected chi connectivity index (χ1v) is 28.7. The Kier molecular flexibility index (Phi) is 23.9. The molecule has 21 fully saturated rings. The van der Waals surface area contributed by atoms with Crippen molar-refractivity contribution in [3.8, 4) is 0 Å². The molecule has 1 aromatic heterocycles. The van der Waals surface area contributed by atoms with E-state index in [2.05, 4.69) is 10.3 Å². The van der Waals surface area contributed by atoms with Crippen molar-refractivity contribution in [3.05, 3.63) is 32.6 Å². The van der Waals surface area contributed by atoms with Gasteiger partial charge in [0.25, 0.3) is 5.56 Å². The van der Waals surface area contributed by atoms with E-state index >= 15 is 0 Å². The van der Waals surface area contributed by atoms with Gasteiger partial charge < -0.3 is 174 Å². The number of hydrogen-bond donors (Lipinski definition) is 22. The lowest BCUT2D eigenvalue weighted by atomic mass is 9.95. The molecule has 40 nitrogen and oxygen atoms in total. The molecule has 22 heterocycles. The van der Waals surface area contributed by atoms with E-state index in [0.29, 0.717) is 0 Å². The van der Waals surface area contributed by atoms with E-state index in [9.17, 15) is 117 Å². The van der Waals surface area contributed by atoms with Crippen molar-refractivity contribution in [3.63, 3.8) is 0 Å². The number of amides is 1. The number of aliphatic hydroxyl groups excluding tert-OH is 20. The number of ether oxygens (including phenoxy) is 14. The number of nitrogens with one attached hydrogen (secondary N) is 2. The maximum absolute atomic E-state index is 13.4. The Hall–Kier alpha value is -3.21. The van der Waals surface area contributed by atoms with E-state index in [1.54, 1.807) is 0 Å². The SMILES string of the molecule is Cc1cn(CCC(=O)NC[C@@H]2O[C@@H]3O[C@H]4[C@@H](O)[C@H](O)[C@@H](O[C@H]5[C@H](O)[C@H](O)[C@@H](O[C@H]6[C@H](O)[C@@H](O)[C@@H](O[C@H]7[C@H](O)[C@@H](O)[C@@H](O[C@H]8[C@H](O)[C@@H](O)[C@@H](O[C@H]9[C@H](O)[C@@H](O)[C@@H](O[C@H]2[C@H](O)[C@H]3O)O[C@H]9CO)O[C@H]8CO)O[C@H]7CO)O[C@@H]6CO)O[C@@H]5CO)O[C@@H]4CO)c(=O)[nH]c1=O. The van der Waals surface area contributed by atoms with Crippen LogP contribution in [0, 0.1) is 6.92 Å². The smallest absolute Gasteiger partial charge is 0.328 e. The number of aromatic amines is 1. The van der Waals surface area contributed by atoms with Gasteiger partial charge in [-0.3, -0.25) is 19.1 Å². The molecule has 14 bridgehead atoms. The third-order valence-electron chi connectivity index (χ3n) is 16.9. The summed E-state index contributed by atoms with van der Waals surface area (Å²) < 4.78 is 81.8. The topological polar surface area (TPSA) is 618 Å². The van der Waals surface area contributed by atoms with E-state index in [0.717, 1.165) is 4.57 Å². The average molecular weight is 1310 g/mol. The summed E-state index contributed by atoms with van der Waals surface area (Å²) in [6, 6.07) is 0. The van der Waals surface area contributed by atoms with E-state index in [4.69, 9.17) is 66.3 Å². The number of nitrogens with zero attached hydrogens (tertiary/aromatic N) is 1. The highest BCUT2D eigenvalue weighted by Crippen LogP contribution is 2.39. The molecule has 1 amide bonds. The molecular weight excluding hydrogens is 1230 g/mol. The van der Waals surface area contributed by atoms with Crippen LogP contribution in [0.1, 0.15) is 12.0 Å². The first-order valence-electron chi connectivity index (χ1n) is 28.7. The Labute approximate surface area is 506 Å². The zero-order valence-corrected chi connectivity index (χ0v) is 47.5. The monoisotopic (exact) mass is 1310 g/mol. The highest BCUT2D eigenvalue weighted by atomic mass is 16.8. The van der Waals surface area contributed by atoms with Gasteiger partial charge in [-0.15, -0.1) is 0 Å². The van der Waals surface area contributed by atoms with Crippen LogP contribution >= 0.6 is 0 Å². The summed E-state index contributed by atoms with van der Waals surface area (Å²) >= 11 is 0. The molecule has 21 aliphatic rings. The largest absolute Gasteiger partial charge is 0.394 e. The van der Waals surface area contributed by atoms with Gasteiger partial charge in [-0.2, -0.15) is 0 Å². The second-order valence-corrected chi connectivity index (χ2v) is 22.8. The summed E-state index contributed by atoms with van der Waals surface area (Å²) in [5, 5.41) is 226. The van der Waals surface area contributed by atoms with Gasteiger partial charge in [0.2, 0.25) is 5.91 Å². The highest BCUT2D eigenvalue weighted by molar-refractivity contribution is 5.75. The quantitative estimate of drug-likeness (QED) is 0.0978. The van der Waals surface area contributed by atoms with Crippen LogP contribution in [-0.2, 0) is 77.7 Å². The molecule has 0 radical (unpaired) electrons. The Morgan fingerprint density at radius 3 is 0.833 bits per heavy atom. The van der Waals surface area contributed by atoms with Crippen LogP contribution in [0.2, 0.25) is 0 Å². The van der Waals surface area contributed by atoms with Crippen molar-refractivity contribution in [2.24, 2.45) is 0 Å². The number of hydrogen-bond acceptors (Lipinski definition) is 37. The molecular formula is C50H79N3O37. The molecule has 1 aromatic rings. The molecule has 0 aromatic carbocycles. The lowest BCUT2D eigenvalue weighted by Gasteiger charge is -2.50. The van der Waals surface area contributed by atoms with Crippen molar-refractivity contribution >= 4 is 5.91 Å². The van der Waals surface area contributed by atoms with Gasteiger partial charge >= 0.3 is 5.69 Å². The number of aryl methyl sites for hydroxylation is 2. The van der Waals surface area contributed by atoms with Crippen LogP contribution < -0.4 is 16.6 Å². The minimum atomic E-state index is -2.31. The first-order chi connectivity index (χ1) is 42.8. The standard InChI is InChI=1S/C50H79N3O37/c1-12-5-53(50(76)52-42(12)75)3-2-20(60)51-4-13-35-21(61)28(68)43(77-13)85-36-14(6-54)79-45(30(70)23(36)63)87-38-16(8-56)81-47(32(72)25(38)65)89-40-18(10-58)83-49(34(74)27(40)67)90-41-19(11-59)82-48(33(73)26(41)66)88-39-17(9-57)80-46(31(71)24(39)64)86-37-15(7-55)78-44(84-35)29(69)22(37)62/h5,13-19,21-41,43-49,54-59,61-74H,2-4,6-11H2,1H3,(H,51,60)(H,52,75,76)/t13-,14+,15-,16+,17-,18+,19-,21+,22+,23-,24+,25+,26+,27+,28+,29+,30-,31+,32-,33+,34+,35+,36+,37+,38+,39+,40+,41+,43+,44+,45+,46+,47+,48+,49+/m0/s1. The fourth-order valence-corrected chi connectivity index (χ4v) is 11.7. The van der Waals surface area contributed by atoms with Gasteiger partial charge in [-0.1, -0.05) is 0 Å². The summed E-state index contributed by atoms with van der Waals surface area (Å²) in [6.07, 6.45) is -71.6. The summed E-state index contributed by atoms with van der Waals surface area (Å²) in [5.74, 6) is -0.819. The van der Waals surface area contributed by atoms with Crippen LogP contribution in [-0.4, -0.2) is 379 Å². The summed E-state index contributed by atoms with van der Waals surface area (Å²) in [4.78, 5) is 39.8. The molecule has 90 heavy (non-hydrogen) atoms. The number of H-pyrrole nitrogens is 1. The number of carbonyl (C=O) groups is 1. The zero-order valence-electron chi connectivity index (χ0n) is 47.5. The fraction of sp³-hybridized carbons (Fsp3) is 0.900. The van der Waals surface area contributed by atoms with Crippen LogP contribution in [0.3, 0.4) is 0 Å². The molecule has 0 spiro atoms. The number of carbonyl (C=O) groups excluding carboxylic acids is 1. The normalized spacial score (nSPS) is 49.0. The maximum Gasteiger partial charge on any atom is 0.328 e. The molecule has 21 saturated heterocycles. The Bertz CT molecular complexity index is 2580. The van der Waals surface area contributed by atoms with Crippen molar-refractivity contribution in [1.29, 1.82) is 0 Å². The van der Waals surface area contributed by atoms with Crippen molar-refractivity contribution in [1.82, 2.24) is 14.9 Å². The highest BCUT2D eigenvalue weighted by Gasteiger charge is 2.59. The van der Waals surface area contributed by atoms with Crippen LogP contribution in [0.4, 0.5) is 0 Å². The molecule has 0 aliphatic carbocycles. The number of rotatable bonds is 11. The third-order valence-corrected chi connectivity index (χ3v) is 16.9. The Morgan fingerprint density at radius 1 is 0.378 bits per heavy atom. The minimum Gasteiger partial charge on any atom is -0.394 e. The average Bonchev–Trinajstić information content (AvgIpc) is 1.02. The predicted molar refractivity (Wildman–Crippen MR) is 275 cm³/mol. The summed E-state index contributed by atoms with van der Waals surface area (Å²) in [5.41, 5.74) is -1.40. The third kappa shape index (κ3) is 14.5. The van der Waals surface area contributed by atoms with E-state index in [1.165, 1.54) is 13.1 Å². The molecule has 22 N–H and O–H groups in total. The van der Waals surface area contributed by atoms with Crippen LogP contribution in [0.15, 0.2) is 15.8 Å². The molecule has 21 aliphatic heterocycles.